The Morgan fingerprint density at radius 1 is 0.862 bits per heavy atom. The van der Waals surface area contributed by atoms with Gasteiger partial charge < -0.3 is 34.9 Å². The van der Waals surface area contributed by atoms with Crippen LogP contribution < -0.4 is 10.6 Å². The zero-order valence-electron chi connectivity index (χ0n) is 37.8. The Balaban J connectivity index is 0.870. The van der Waals surface area contributed by atoms with Gasteiger partial charge in [-0.3, -0.25) is 14.6 Å². The van der Waals surface area contributed by atoms with Crippen molar-refractivity contribution in [3.05, 3.63) is 95.8 Å². The zero-order chi connectivity index (χ0) is 45.7. The lowest BCUT2D eigenvalue weighted by Crippen LogP contribution is -2.56. The first kappa shape index (κ1) is 42.9. The van der Waals surface area contributed by atoms with Gasteiger partial charge >= 0.3 is 6.09 Å². The molecule has 3 amide bonds. The van der Waals surface area contributed by atoms with Crippen LogP contribution in [0, 0.1) is 23.2 Å². The summed E-state index contributed by atoms with van der Waals surface area (Å²) >= 11 is 0. The number of aromatic nitrogens is 2. The van der Waals surface area contributed by atoms with Gasteiger partial charge in [0.2, 0.25) is 11.8 Å². The molecule has 0 radical (unpaired) electrons. The molecule has 4 aromatic rings. The summed E-state index contributed by atoms with van der Waals surface area (Å²) in [7, 11) is 2.81. The van der Waals surface area contributed by atoms with E-state index in [1.54, 1.807) is 30.5 Å². The lowest BCUT2D eigenvalue weighted by atomic mass is 9.90. The number of methoxy groups -OCH3 is 2. The largest absolute Gasteiger partial charge is 0.483 e. The Hall–Kier alpha value is -6.05. The van der Waals surface area contributed by atoms with Crippen molar-refractivity contribution in [2.24, 2.45) is 28.2 Å². The summed E-state index contributed by atoms with van der Waals surface area (Å²) < 4.78 is 43.5. The molecule has 340 valence electrons. The van der Waals surface area contributed by atoms with E-state index in [2.05, 4.69) is 33.2 Å². The highest BCUT2D eigenvalue weighted by molar-refractivity contribution is 6.02. The van der Waals surface area contributed by atoms with Crippen molar-refractivity contribution in [3.63, 3.8) is 0 Å². The number of nitrogens with one attached hydrogen (secondary N) is 3. The van der Waals surface area contributed by atoms with E-state index in [4.69, 9.17) is 19.5 Å². The third-order valence-electron chi connectivity index (χ3n) is 15.1. The van der Waals surface area contributed by atoms with E-state index in [1.807, 2.05) is 56.9 Å². The third kappa shape index (κ3) is 7.27. The summed E-state index contributed by atoms with van der Waals surface area (Å²) in [6, 6.07) is 14.9. The van der Waals surface area contributed by atoms with Gasteiger partial charge in [-0.05, 0) is 120 Å². The van der Waals surface area contributed by atoms with Crippen LogP contribution in [-0.2, 0) is 31.4 Å². The predicted octanol–water partition coefficient (Wildman–Crippen LogP) is 9.04. The number of carbonyl (C=O) groups is 3. The lowest BCUT2D eigenvalue weighted by molar-refractivity contribution is -0.137. The number of halogens is 2. The van der Waals surface area contributed by atoms with Crippen LogP contribution in [0.3, 0.4) is 0 Å². The normalized spacial score (nSPS) is 23.6. The number of likely N-dealkylation sites (tertiary alicyclic amines) is 2. The van der Waals surface area contributed by atoms with Crippen LogP contribution in [0.4, 0.5) is 19.3 Å². The number of rotatable bonds is 12. The van der Waals surface area contributed by atoms with Crippen LogP contribution in [0.2, 0.25) is 0 Å². The minimum absolute atomic E-state index is 0.0185. The van der Waals surface area contributed by atoms with Gasteiger partial charge in [-0.15, -0.1) is 0 Å². The van der Waals surface area contributed by atoms with Crippen molar-refractivity contribution in [3.8, 4) is 33.5 Å². The number of hydrogen-bond donors (Lipinski definition) is 3. The second-order valence-electron chi connectivity index (χ2n) is 19.9. The molecule has 10 rings (SSSR count). The molecule has 3 N–H and O–H groups in total. The summed E-state index contributed by atoms with van der Waals surface area (Å²) in [5.74, 6) is -2.27. The van der Waals surface area contributed by atoms with Gasteiger partial charge in [0.15, 0.2) is 5.88 Å². The molecule has 65 heavy (non-hydrogen) atoms. The first-order valence-electron chi connectivity index (χ1n) is 23.0. The van der Waals surface area contributed by atoms with E-state index in [1.165, 1.54) is 14.2 Å². The number of H-pyrrole nitrogens is 1. The maximum atomic E-state index is 16.7. The molecular formula is C51H57F2N7O5. The minimum atomic E-state index is -3.26. The number of fused-ring (bicyclic) bond motifs is 6. The van der Waals surface area contributed by atoms with Crippen molar-refractivity contribution >= 4 is 29.3 Å². The number of piperidine rings is 1. The van der Waals surface area contributed by atoms with Crippen LogP contribution in [-0.4, -0.2) is 88.3 Å². The molecular weight excluding hydrogens is 829 g/mol. The molecule has 3 aliphatic carbocycles. The molecule has 2 saturated carbocycles. The standard InChI is InChI=1S/C51H57F2N7O5/c1-26(2)43(58-49(63)65-7)47(61)59-25-50(16-17-50)23-42(59)46-54-24-41(57-46)31-10-14-36-35-13-9-30(20-37(35)51(52,53)38(36)21-31)29-11-15-39-33(18-29)22-40(56-39)45-32-8-12-34(19-32)60(45)48(62)44(27(3)4)55-28(5)64-6/h9-11,13-15,18,20-21,24,26-27,32,34,42-45,55H,5,8,12,16-17,19,22-23,25H2,1-4,6-7H3,(H,54,57)(H,58,63)/t32-,34+,42-,43-,44-,45-/m0/s1. The maximum Gasteiger partial charge on any atom is 0.407 e. The third-order valence-corrected chi connectivity index (χ3v) is 15.1. The summed E-state index contributed by atoms with van der Waals surface area (Å²) in [5.41, 5.74) is 6.43. The average Bonchev–Trinajstić information content (AvgIpc) is 3.95. The van der Waals surface area contributed by atoms with E-state index in [0.717, 1.165) is 61.1 Å². The highest BCUT2D eigenvalue weighted by Gasteiger charge is 2.56. The van der Waals surface area contributed by atoms with Crippen LogP contribution >= 0.6 is 0 Å². The zero-order valence-corrected chi connectivity index (χ0v) is 37.8. The van der Waals surface area contributed by atoms with Crippen LogP contribution in [0.25, 0.3) is 33.5 Å². The van der Waals surface area contributed by atoms with Crippen molar-refractivity contribution in [2.75, 3.05) is 20.8 Å². The Kier molecular flexibility index (Phi) is 10.4. The number of alkyl halides is 2. The molecule has 4 heterocycles. The van der Waals surface area contributed by atoms with Crippen molar-refractivity contribution in [1.82, 2.24) is 30.4 Å². The Morgan fingerprint density at radius 3 is 2.20 bits per heavy atom. The molecule has 14 heteroatoms. The molecule has 2 saturated heterocycles. The molecule has 3 aromatic carbocycles. The fraction of sp³-hybridized carbons (Fsp3) is 0.471. The Labute approximate surface area is 378 Å². The number of nitrogens with zero attached hydrogens (tertiary/aromatic N) is 4. The highest BCUT2D eigenvalue weighted by atomic mass is 19.3. The number of aliphatic imine (C=N–C) groups is 1. The molecule has 0 unspecified atom stereocenters. The van der Waals surface area contributed by atoms with Crippen LogP contribution in [0.5, 0.6) is 0 Å². The van der Waals surface area contributed by atoms with E-state index in [-0.39, 0.29) is 58.3 Å². The first-order chi connectivity index (χ1) is 31.1. The number of aromatic amines is 1. The Bertz CT molecular complexity index is 2650. The topological polar surface area (TPSA) is 141 Å². The SMILES string of the molecule is C=C(N[C@H](C(=O)N1[C@@H]2CC[C@@H](C2)[C@H]1C1=Nc2ccc(-c3ccc4c(c3)C(F)(F)c3cc(-c5cnc([C@@H]6CC7(CC7)CN6C(=O)[C@@H](NC(=O)OC)C(C)C)[nH]5)ccc3-4)cc2C1)C(C)C)OC. The number of amides is 3. The monoisotopic (exact) mass is 885 g/mol. The molecule has 6 atom stereocenters. The van der Waals surface area contributed by atoms with Gasteiger partial charge in [-0.25, -0.2) is 9.78 Å². The van der Waals surface area contributed by atoms with E-state index >= 15 is 8.78 Å². The smallest absolute Gasteiger partial charge is 0.407 e. The number of imidazole rings is 1. The van der Waals surface area contributed by atoms with E-state index < -0.39 is 24.1 Å². The highest BCUT2D eigenvalue weighted by Crippen LogP contribution is 2.59. The lowest BCUT2D eigenvalue weighted by Gasteiger charge is -2.39. The molecule has 3 aliphatic heterocycles. The number of benzene rings is 3. The van der Waals surface area contributed by atoms with E-state index in [0.29, 0.717) is 58.5 Å². The van der Waals surface area contributed by atoms with Crippen molar-refractivity contribution < 1.29 is 32.6 Å². The summed E-state index contributed by atoms with van der Waals surface area (Å²) in [5, 5.41) is 5.91. The Morgan fingerprint density at radius 2 is 1.52 bits per heavy atom. The first-order valence-corrected chi connectivity index (χ1v) is 23.0. The molecule has 6 aliphatic rings. The molecule has 4 fully saturated rings. The van der Waals surface area contributed by atoms with Gasteiger partial charge in [-0.2, -0.15) is 8.78 Å². The number of hydrogen-bond acceptors (Lipinski definition) is 8. The van der Waals surface area contributed by atoms with Crippen LogP contribution in [0.15, 0.2) is 78.2 Å². The van der Waals surface area contributed by atoms with Gasteiger partial charge in [0.1, 0.15) is 17.9 Å². The molecule has 12 nitrogen and oxygen atoms in total. The van der Waals surface area contributed by atoms with E-state index in [9.17, 15) is 14.4 Å². The second kappa shape index (κ2) is 15.8. The average molecular weight is 886 g/mol. The predicted molar refractivity (Wildman–Crippen MR) is 243 cm³/mol. The number of carbonyl (C=O) groups excluding carboxylic acids is 3. The maximum absolute atomic E-state index is 16.7. The van der Waals surface area contributed by atoms with Crippen LogP contribution in [0.1, 0.15) is 94.8 Å². The van der Waals surface area contributed by atoms with Gasteiger partial charge in [0.25, 0.3) is 5.92 Å². The quantitative estimate of drug-likeness (QED) is 0.121. The number of ether oxygens (including phenoxy) is 2. The fourth-order valence-electron chi connectivity index (χ4n) is 11.4. The van der Waals surface area contributed by atoms with Crippen molar-refractivity contribution in [2.45, 2.75) is 109 Å². The fourth-order valence-corrected chi connectivity index (χ4v) is 11.4. The van der Waals surface area contributed by atoms with Crippen molar-refractivity contribution in [1.29, 1.82) is 0 Å². The number of alkyl carbamates (subject to hydrolysis) is 1. The minimum Gasteiger partial charge on any atom is -0.483 e. The van der Waals surface area contributed by atoms with Gasteiger partial charge in [0, 0.05) is 41.4 Å². The summed E-state index contributed by atoms with van der Waals surface area (Å²) in [6.07, 6.45) is 7.33. The molecule has 1 spiro atoms. The summed E-state index contributed by atoms with van der Waals surface area (Å²) in [6.45, 7) is 12.3. The van der Waals surface area contributed by atoms with Gasteiger partial charge in [-0.1, -0.05) is 58.0 Å². The second-order valence-corrected chi connectivity index (χ2v) is 19.9. The van der Waals surface area contributed by atoms with Gasteiger partial charge in [0.05, 0.1) is 43.9 Å². The molecule has 1 aromatic heterocycles. The molecule has 2 bridgehead atoms. The summed E-state index contributed by atoms with van der Waals surface area (Å²) in [4.78, 5) is 57.5.